The second-order valence-corrected chi connectivity index (χ2v) is 10.4. The van der Waals surface area contributed by atoms with Gasteiger partial charge in [-0.3, -0.25) is 14.5 Å². The lowest BCUT2D eigenvalue weighted by Crippen LogP contribution is -2.48. The minimum atomic E-state index is -0.0236. The molecule has 0 saturated carbocycles. The highest BCUT2D eigenvalue weighted by Gasteiger charge is 2.35. The molecular formula is C30H34ClN5O2. The highest BCUT2D eigenvalue weighted by Crippen LogP contribution is 2.40. The maximum atomic E-state index is 13.3. The molecule has 1 unspecified atom stereocenters. The molecule has 1 saturated heterocycles. The Morgan fingerprint density at radius 2 is 1.68 bits per heavy atom. The average molecular weight is 532 g/mol. The van der Waals surface area contributed by atoms with Crippen molar-refractivity contribution < 1.29 is 9.59 Å². The van der Waals surface area contributed by atoms with E-state index in [-0.39, 0.29) is 23.8 Å². The van der Waals surface area contributed by atoms with Crippen LogP contribution in [0.25, 0.3) is 0 Å². The van der Waals surface area contributed by atoms with Crippen LogP contribution in [0.4, 0.5) is 17.2 Å². The molecule has 0 bridgehead atoms. The first kappa shape index (κ1) is 26.2. The van der Waals surface area contributed by atoms with Crippen molar-refractivity contribution in [3.8, 4) is 0 Å². The minimum absolute atomic E-state index is 0.00215. The summed E-state index contributed by atoms with van der Waals surface area (Å²) in [5.74, 6) is 0.725. The SMILES string of the molecule is CCC(CC)C(=O)Nc1cnc(N2CCN(C3c4ccccc4C(=O)N(C)c4ccccc43)CC2)c(Cl)c1. The predicted molar refractivity (Wildman–Crippen MR) is 153 cm³/mol. The number of hydrogen-bond acceptors (Lipinski definition) is 5. The first-order chi connectivity index (χ1) is 18.4. The fraction of sp³-hybridized carbons (Fsp3) is 0.367. The van der Waals surface area contributed by atoms with Gasteiger partial charge in [0, 0.05) is 50.4 Å². The molecule has 8 heteroatoms. The Hall–Kier alpha value is -3.42. The lowest BCUT2D eigenvalue weighted by molar-refractivity contribution is -0.120. The molecule has 2 aliphatic rings. The Bertz CT molecular complexity index is 1330. The minimum Gasteiger partial charge on any atom is -0.353 e. The van der Waals surface area contributed by atoms with Crippen molar-refractivity contribution in [2.45, 2.75) is 32.7 Å². The summed E-state index contributed by atoms with van der Waals surface area (Å²) in [5, 5.41) is 3.48. The summed E-state index contributed by atoms with van der Waals surface area (Å²) in [4.78, 5) is 36.8. The number of fused-ring (bicyclic) bond motifs is 2. The zero-order valence-corrected chi connectivity index (χ0v) is 22.9. The van der Waals surface area contributed by atoms with Crippen molar-refractivity contribution in [1.29, 1.82) is 0 Å². The molecule has 2 aliphatic heterocycles. The molecule has 0 spiro atoms. The predicted octanol–water partition coefficient (Wildman–Crippen LogP) is 5.61. The van der Waals surface area contributed by atoms with E-state index in [1.165, 1.54) is 0 Å². The van der Waals surface area contributed by atoms with E-state index in [1.807, 2.05) is 57.3 Å². The molecule has 1 aromatic heterocycles. The first-order valence-corrected chi connectivity index (χ1v) is 13.7. The second-order valence-electron chi connectivity index (χ2n) is 9.97. The number of carbonyl (C=O) groups is 2. The highest BCUT2D eigenvalue weighted by atomic mass is 35.5. The summed E-state index contributed by atoms with van der Waals surface area (Å²) in [5.41, 5.74) is 4.48. The Morgan fingerprint density at radius 1 is 1.03 bits per heavy atom. The molecule has 198 valence electrons. The number of para-hydroxylation sites is 1. The van der Waals surface area contributed by atoms with E-state index in [0.29, 0.717) is 10.7 Å². The Morgan fingerprint density at radius 3 is 2.37 bits per heavy atom. The number of nitrogens with one attached hydrogen (secondary N) is 1. The van der Waals surface area contributed by atoms with Gasteiger partial charge < -0.3 is 15.1 Å². The molecule has 2 aromatic carbocycles. The van der Waals surface area contributed by atoms with Crippen LogP contribution in [0.3, 0.4) is 0 Å². The summed E-state index contributed by atoms with van der Waals surface area (Å²) in [6.07, 6.45) is 3.28. The number of nitrogens with zero attached hydrogens (tertiary/aromatic N) is 4. The Kier molecular flexibility index (Phi) is 7.68. The summed E-state index contributed by atoms with van der Waals surface area (Å²) in [6.45, 7) is 7.11. The van der Waals surface area contributed by atoms with Gasteiger partial charge >= 0.3 is 0 Å². The van der Waals surface area contributed by atoms with Gasteiger partial charge in [0.15, 0.2) is 0 Å². The first-order valence-electron chi connectivity index (χ1n) is 13.3. The maximum Gasteiger partial charge on any atom is 0.258 e. The van der Waals surface area contributed by atoms with E-state index in [1.54, 1.807) is 17.2 Å². The number of amides is 2. The van der Waals surface area contributed by atoms with E-state index in [2.05, 4.69) is 32.2 Å². The van der Waals surface area contributed by atoms with Gasteiger partial charge in [0.25, 0.3) is 5.91 Å². The zero-order valence-electron chi connectivity index (χ0n) is 22.2. The third-order valence-electron chi connectivity index (χ3n) is 7.81. The van der Waals surface area contributed by atoms with E-state index >= 15 is 0 Å². The van der Waals surface area contributed by atoms with Crippen molar-refractivity contribution in [3.63, 3.8) is 0 Å². The molecule has 0 radical (unpaired) electrons. The Labute approximate surface area is 229 Å². The highest BCUT2D eigenvalue weighted by molar-refractivity contribution is 6.33. The van der Waals surface area contributed by atoms with Crippen LogP contribution in [0.15, 0.2) is 60.8 Å². The second kappa shape index (κ2) is 11.1. The van der Waals surface area contributed by atoms with Crippen LogP contribution in [0.1, 0.15) is 54.2 Å². The number of piperazine rings is 1. The summed E-state index contributed by atoms with van der Waals surface area (Å²) < 4.78 is 0. The molecule has 7 nitrogen and oxygen atoms in total. The molecule has 5 rings (SSSR count). The van der Waals surface area contributed by atoms with E-state index < -0.39 is 0 Å². The maximum absolute atomic E-state index is 13.3. The van der Waals surface area contributed by atoms with Crippen LogP contribution in [0, 0.1) is 5.92 Å². The zero-order chi connectivity index (χ0) is 26.8. The van der Waals surface area contributed by atoms with Crippen molar-refractivity contribution in [2.75, 3.05) is 48.3 Å². The van der Waals surface area contributed by atoms with Crippen molar-refractivity contribution in [2.24, 2.45) is 5.92 Å². The van der Waals surface area contributed by atoms with Crippen molar-refractivity contribution >= 4 is 40.6 Å². The molecule has 3 heterocycles. The number of benzene rings is 2. The van der Waals surface area contributed by atoms with Crippen molar-refractivity contribution in [3.05, 3.63) is 82.5 Å². The average Bonchev–Trinajstić information content (AvgIpc) is 3.03. The topological polar surface area (TPSA) is 68.8 Å². The molecule has 38 heavy (non-hydrogen) atoms. The standard InChI is InChI=1S/C30H34ClN5O2/c1-4-20(5-2)29(37)33-21-18-25(31)28(32-19-21)36-16-14-35(15-17-36)27-22-10-6-7-11-23(22)30(38)34(3)26-13-9-8-12-24(26)27/h6-13,18-20,27H,4-5,14-17H2,1-3H3,(H,33,37). The van der Waals surface area contributed by atoms with Gasteiger partial charge in [0.2, 0.25) is 5.91 Å². The smallest absolute Gasteiger partial charge is 0.258 e. The van der Waals surface area contributed by atoms with Gasteiger partial charge in [-0.25, -0.2) is 4.98 Å². The van der Waals surface area contributed by atoms with Gasteiger partial charge in [-0.1, -0.05) is 61.8 Å². The molecule has 3 aromatic rings. The summed E-state index contributed by atoms with van der Waals surface area (Å²) >= 11 is 6.65. The summed E-state index contributed by atoms with van der Waals surface area (Å²) in [6, 6.07) is 17.9. The van der Waals surface area contributed by atoms with Gasteiger partial charge in [0.05, 0.1) is 22.9 Å². The number of pyridine rings is 1. The van der Waals surface area contributed by atoms with Crippen LogP contribution in [-0.4, -0.2) is 54.9 Å². The number of aromatic nitrogens is 1. The van der Waals surface area contributed by atoms with Crippen LogP contribution < -0.4 is 15.1 Å². The van der Waals surface area contributed by atoms with E-state index in [4.69, 9.17) is 11.6 Å². The summed E-state index contributed by atoms with van der Waals surface area (Å²) in [7, 11) is 1.85. The van der Waals surface area contributed by atoms with Gasteiger partial charge in [-0.05, 0) is 42.2 Å². The van der Waals surface area contributed by atoms with Crippen molar-refractivity contribution in [1.82, 2.24) is 9.88 Å². The molecular weight excluding hydrogens is 498 g/mol. The molecule has 1 fully saturated rings. The number of halogens is 1. The third-order valence-corrected chi connectivity index (χ3v) is 8.09. The van der Waals surface area contributed by atoms with Gasteiger partial charge in [0.1, 0.15) is 5.82 Å². The molecule has 0 aliphatic carbocycles. The lowest BCUT2D eigenvalue weighted by Gasteiger charge is -2.40. The monoisotopic (exact) mass is 531 g/mol. The Balaban J connectivity index is 1.36. The normalized spacial score (nSPS) is 17.7. The quantitative estimate of drug-likeness (QED) is 0.447. The van der Waals surface area contributed by atoms with E-state index in [9.17, 15) is 9.59 Å². The van der Waals surface area contributed by atoms with Crippen LogP contribution in [0.2, 0.25) is 5.02 Å². The molecule has 2 amide bonds. The number of anilines is 3. The molecule has 1 N–H and O–H groups in total. The van der Waals surface area contributed by atoms with Crippen LogP contribution in [-0.2, 0) is 4.79 Å². The largest absolute Gasteiger partial charge is 0.353 e. The number of rotatable bonds is 6. The van der Waals surface area contributed by atoms with Crippen LogP contribution in [0.5, 0.6) is 0 Å². The van der Waals surface area contributed by atoms with Gasteiger partial charge in [-0.15, -0.1) is 0 Å². The molecule has 1 atom stereocenters. The van der Waals surface area contributed by atoms with Crippen LogP contribution >= 0.6 is 11.6 Å². The number of carbonyl (C=O) groups excluding carboxylic acids is 2. The van der Waals surface area contributed by atoms with Gasteiger partial charge in [-0.2, -0.15) is 0 Å². The lowest BCUT2D eigenvalue weighted by atomic mass is 9.93. The fourth-order valence-electron chi connectivity index (χ4n) is 5.63. The third kappa shape index (κ3) is 4.88. The van der Waals surface area contributed by atoms with E-state index in [0.717, 1.165) is 67.2 Å². The fourth-order valence-corrected chi connectivity index (χ4v) is 5.92. The number of hydrogen-bond donors (Lipinski definition) is 1.